The zero-order chi connectivity index (χ0) is 13.2. The molecule has 0 aromatic heterocycles. The number of aliphatic hydroxyl groups is 1. The van der Waals surface area contributed by atoms with Crippen LogP contribution in [-0.2, 0) is 0 Å². The molecule has 0 radical (unpaired) electrons. The Labute approximate surface area is 114 Å². The molecule has 0 aliphatic heterocycles. The fourth-order valence-corrected chi connectivity index (χ4v) is 3.28. The van der Waals surface area contributed by atoms with E-state index in [0.29, 0.717) is 0 Å². The molecular weight excluding hydrogens is 236 g/mol. The first-order valence-corrected chi connectivity index (χ1v) is 7.05. The van der Waals surface area contributed by atoms with E-state index in [0.717, 1.165) is 25.0 Å². The van der Waals surface area contributed by atoms with Crippen molar-refractivity contribution in [2.45, 2.75) is 37.7 Å². The molecule has 1 aliphatic rings. The van der Waals surface area contributed by atoms with Crippen LogP contribution in [0.1, 0.15) is 37.2 Å². The summed E-state index contributed by atoms with van der Waals surface area (Å²) < 4.78 is 5.54. The molecule has 0 saturated heterocycles. The van der Waals surface area contributed by atoms with Crippen molar-refractivity contribution in [1.29, 1.82) is 0 Å². The van der Waals surface area contributed by atoms with Gasteiger partial charge in [-0.3, -0.25) is 0 Å². The molecule has 1 fully saturated rings. The predicted octanol–water partition coefficient (Wildman–Crippen LogP) is 3.87. The zero-order valence-corrected chi connectivity index (χ0v) is 11.3. The Morgan fingerprint density at radius 3 is 2.63 bits per heavy atom. The van der Waals surface area contributed by atoms with Gasteiger partial charge in [-0.15, -0.1) is 0 Å². The normalized spacial score (nSPS) is 23.5. The maximum Gasteiger partial charge on any atom is 0.123 e. The molecule has 2 heteroatoms. The molecule has 2 aromatic rings. The van der Waals surface area contributed by atoms with Crippen LogP contribution in [0.15, 0.2) is 36.4 Å². The van der Waals surface area contributed by atoms with Crippen LogP contribution in [0.4, 0.5) is 0 Å². The smallest absolute Gasteiger partial charge is 0.123 e. The molecule has 0 unspecified atom stereocenters. The molecule has 3 rings (SSSR count). The average Bonchev–Trinajstić information content (AvgIpc) is 2.47. The fourth-order valence-electron chi connectivity index (χ4n) is 3.28. The molecule has 2 nitrogen and oxygen atoms in total. The molecule has 2 aromatic carbocycles. The Balaban J connectivity index is 2.18. The lowest BCUT2D eigenvalue weighted by molar-refractivity contribution is 0.105. The monoisotopic (exact) mass is 256 g/mol. The molecule has 0 spiro atoms. The summed E-state index contributed by atoms with van der Waals surface area (Å²) in [5.74, 6) is 1.11. The van der Waals surface area contributed by atoms with Gasteiger partial charge in [-0.25, -0.2) is 0 Å². The molecule has 1 N–H and O–H groups in total. The third-order valence-electron chi connectivity index (χ3n) is 4.25. The van der Waals surface area contributed by atoms with Gasteiger partial charge in [0.25, 0.3) is 0 Å². The van der Waals surface area contributed by atoms with Gasteiger partial charge in [-0.1, -0.05) is 43.2 Å². The Morgan fingerprint density at radius 1 is 1.05 bits per heavy atom. The van der Waals surface area contributed by atoms with Crippen molar-refractivity contribution in [2.24, 2.45) is 0 Å². The van der Waals surface area contributed by atoms with E-state index in [1.54, 1.807) is 7.11 Å². The van der Waals surface area contributed by atoms with Gasteiger partial charge < -0.3 is 9.84 Å². The van der Waals surface area contributed by atoms with Crippen LogP contribution >= 0.6 is 0 Å². The van der Waals surface area contributed by atoms with Gasteiger partial charge in [0.15, 0.2) is 0 Å². The molecule has 19 heavy (non-hydrogen) atoms. The highest BCUT2D eigenvalue weighted by Gasteiger charge is 2.28. The molecule has 2 atom stereocenters. The third kappa shape index (κ3) is 2.21. The average molecular weight is 256 g/mol. The minimum atomic E-state index is -0.242. The minimum absolute atomic E-state index is 0.204. The first-order chi connectivity index (χ1) is 9.31. The molecule has 100 valence electrons. The first-order valence-electron chi connectivity index (χ1n) is 7.05. The Hall–Kier alpha value is -1.54. The van der Waals surface area contributed by atoms with Crippen LogP contribution in [0, 0.1) is 0 Å². The number of methoxy groups -OCH3 is 1. The number of hydrogen-bond donors (Lipinski definition) is 1. The maximum atomic E-state index is 10.3. The van der Waals surface area contributed by atoms with Crippen molar-refractivity contribution >= 4 is 10.8 Å². The number of fused-ring (bicyclic) bond motifs is 1. The van der Waals surface area contributed by atoms with Crippen LogP contribution in [-0.4, -0.2) is 18.3 Å². The van der Waals surface area contributed by atoms with E-state index in [1.807, 2.05) is 6.07 Å². The second-order valence-corrected chi connectivity index (χ2v) is 5.36. The van der Waals surface area contributed by atoms with Crippen molar-refractivity contribution in [3.63, 3.8) is 0 Å². The number of rotatable bonds is 2. The summed E-state index contributed by atoms with van der Waals surface area (Å²) in [6.45, 7) is 0. The van der Waals surface area contributed by atoms with Gasteiger partial charge in [0.1, 0.15) is 5.75 Å². The number of hydrogen-bond acceptors (Lipinski definition) is 2. The van der Waals surface area contributed by atoms with Crippen LogP contribution in [0.5, 0.6) is 5.75 Å². The van der Waals surface area contributed by atoms with E-state index in [2.05, 4.69) is 30.3 Å². The van der Waals surface area contributed by atoms with Crippen molar-refractivity contribution < 1.29 is 9.84 Å². The van der Waals surface area contributed by atoms with Crippen LogP contribution in [0.2, 0.25) is 0 Å². The maximum absolute atomic E-state index is 10.3. The van der Waals surface area contributed by atoms with Gasteiger partial charge >= 0.3 is 0 Å². The van der Waals surface area contributed by atoms with Gasteiger partial charge in [0.2, 0.25) is 0 Å². The second-order valence-electron chi connectivity index (χ2n) is 5.36. The lowest BCUT2D eigenvalue weighted by Gasteiger charge is -2.30. The van der Waals surface area contributed by atoms with E-state index in [-0.39, 0.29) is 12.0 Å². The van der Waals surface area contributed by atoms with E-state index in [1.165, 1.54) is 22.8 Å². The lowest BCUT2D eigenvalue weighted by Crippen LogP contribution is -2.23. The van der Waals surface area contributed by atoms with Crippen LogP contribution in [0.25, 0.3) is 10.8 Å². The SMILES string of the molecule is COc1ccc2ccccc2c1[C@H]1CCCC[C@H]1O. The standard InChI is InChI=1S/C17H20O2/c1-19-16-11-10-12-6-2-3-7-13(12)17(16)14-8-4-5-9-15(14)18/h2-3,6-7,10-11,14-15,18H,4-5,8-9H2,1H3/t14-,15+/m0/s1. The largest absolute Gasteiger partial charge is 0.496 e. The molecule has 0 heterocycles. The highest BCUT2D eigenvalue weighted by Crippen LogP contribution is 2.41. The first kappa shape index (κ1) is 12.5. The summed E-state index contributed by atoms with van der Waals surface area (Å²) in [6, 6.07) is 12.5. The topological polar surface area (TPSA) is 29.5 Å². The zero-order valence-electron chi connectivity index (χ0n) is 11.3. The summed E-state index contributed by atoms with van der Waals surface area (Å²) in [4.78, 5) is 0. The second kappa shape index (κ2) is 5.22. The molecule has 0 amide bonds. The van der Waals surface area contributed by atoms with Crippen molar-refractivity contribution in [2.75, 3.05) is 7.11 Å². The number of ether oxygens (including phenoxy) is 1. The summed E-state index contributed by atoms with van der Waals surface area (Å²) in [6.07, 6.45) is 4.02. The third-order valence-corrected chi connectivity index (χ3v) is 4.25. The van der Waals surface area contributed by atoms with Crippen LogP contribution < -0.4 is 4.74 Å². The van der Waals surface area contributed by atoms with Crippen LogP contribution in [0.3, 0.4) is 0 Å². The molecule has 1 aliphatic carbocycles. The minimum Gasteiger partial charge on any atom is -0.496 e. The van der Waals surface area contributed by atoms with Crippen molar-refractivity contribution in [1.82, 2.24) is 0 Å². The lowest BCUT2D eigenvalue weighted by atomic mass is 9.79. The van der Waals surface area contributed by atoms with Gasteiger partial charge in [0, 0.05) is 11.5 Å². The van der Waals surface area contributed by atoms with Gasteiger partial charge in [-0.2, -0.15) is 0 Å². The predicted molar refractivity (Wildman–Crippen MR) is 77.7 cm³/mol. The molecule has 0 bridgehead atoms. The Morgan fingerprint density at radius 2 is 1.84 bits per heavy atom. The molecular formula is C17H20O2. The summed E-state index contributed by atoms with van der Waals surface area (Å²) in [7, 11) is 1.71. The van der Waals surface area contributed by atoms with E-state index in [9.17, 15) is 5.11 Å². The van der Waals surface area contributed by atoms with E-state index in [4.69, 9.17) is 4.74 Å². The number of aliphatic hydroxyl groups excluding tert-OH is 1. The van der Waals surface area contributed by atoms with E-state index >= 15 is 0 Å². The quantitative estimate of drug-likeness (QED) is 0.884. The summed E-state index contributed by atoms with van der Waals surface area (Å²) >= 11 is 0. The fraction of sp³-hybridized carbons (Fsp3) is 0.412. The number of benzene rings is 2. The molecule has 1 saturated carbocycles. The van der Waals surface area contributed by atoms with Gasteiger partial charge in [0.05, 0.1) is 13.2 Å². The van der Waals surface area contributed by atoms with E-state index < -0.39 is 0 Å². The summed E-state index contributed by atoms with van der Waals surface area (Å²) in [5.41, 5.74) is 1.19. The highest BCUT2D eigenvalue weighted by molar-refractivity contribution is 5.88. The van der Waals surface area contributed by atoms with Gasteiger partial charge in [-0.05, 0) is 29.7 Å². The Bertz CT molecular complexity index is 576. The summed E-state index contributed by atoms with van der Waals surface area (Å²) in [5, 5.41) is 12.8. The van der Waals surface area contributed by atoms with Crippen molar-refractivity contribution in [3.05, 3.63) is 42.0 Å². The Kier molecular flexibility index (Phi) is 3.43. The van der Waals surface area contributed by atoms with Crippen molar-refractivity contribution in [3.8, 4) is 5.75 Å². The highest BCUT2D eigenvalue weighted by atomic mass is 16.5.